The van der Waals surface area contributed by atoms with Crippen LogP contribution in [0, 0.1) is 0 Å². The summed E-state index contributed by atoms with van der Waals surface area (Å²) in [6.45, 7) is 1.81. The topological polar surface area (TPSA) is 38.5 Å². The molecular weight excluding hydrogens is 256 g/mol. The van der Waals surface area contributed by atoms with Crippen LogP contribution in [0.4, 0.5) is 0 Å². The van der Waals surface area contributed by atoms with Gasteiger partial charge in [0.15, 0.2) is 0 Å². The van der Waals surface area contributed by atoms with Crippen LogP contribution >= 0.6 is 15.9 Å². The number of fused-ring (bicyclic) bond motifs is 1. The van der Waals surface area contributed by atoms with E-state index < -0.39 is 0 Å². The van der Waals surface area contributed by atoms with Gasteiger partial charge in [0.2, 0.25) is 0 Å². The molecule has 0 spiro atoms. The lowest BCUT2D eigenvalue weighted by molar-refractivity contribution is 0.276. The lowest BCUT2D eigenvalue weighted by Gasteiger charge is -2.31. The van der Waals surface area contributed by atoms with Gasteiger partial charge in [-0.1, -0.05) is 15.9 Å². The molecule has 0 radical (unpaired) electrons. The molecule has 1 aromatic carbocycles. The largest absolute Gasteiger partial charge is 0.496 e. The van der Waals surface area contributed by atoms with Crippen LogP contribution in [0.2, 0.25) is 0 Å². The molecule has 0 amide bonds. The molecule has 4 heteroatoms. The molecule has 0 aromatic heterocycles. The average Bonchev–Trinajstić information content (AvgIpc) is 2.14. The van der Waals surface area contributed by atoms with Crippen molar-refractivity contribution in [2.45, 2.75) is 12.6 Å². The van der Waals surface area contributed by atoms with E-state index in [9.17, 15) is 0 Å². The monoisotopic (exact) mass is 270 g/mol. The molecule has 1 aromatic rings. The van der Waals surface area contributed by atoms with Crippen LogP contribution in [0.3, 0.4) is 0 Å². The molecule has 1 heterocycles. The first-order valence-electron chi connectivity index (χ1n) is 4.92. The molecule has 82 valence electrons. The summed E-state index contributed by atoms with van der Waals surface area (Å²) in [6, 6.07) is 4.14. The molecule has 2 rings (SSSR count). The Morgan fingerprint density at radius 3 is 2.93 bits per heavy atom. The van der Waals surface area contributed by atoms with Gasteiger partial charge in [-0.2, -0.15) is 0 Å². The first kappa shape index (κ1) is 10.9. The van der Waals surface area contributed by atoms with Gasteiger partial charge in [0.05, 0.1) is 7.11 Å². The number of methoxy groups -OCH3 is 1. The maximum absolute atomic E-state index is 6.13. The zero-order valence-corrected chi connectivity index (χ0v) is 10.5. The minimum Gasteiger partial charge on any atom is -0.496 e. The minimum atomic E-state index is 0.0433. The molecule has 0 bridgehead atoms. The van der Waals surface area contributed by atoms with Crippen LogP contribution < -0.4 is 10.5 Å². The van der Waals surface area contributed by atoms with Crippen molar-refractivity contribution in [1.82, 2.24) is 4.90 Å². The van der Waals surface area contributed by atoms with E-state index in [1.54, 1.807) is 7.11 Å². The maximum Gasteiger partial charge on any atom is 0.125 e. The van der Waals surface area contributed by atoms with E-state index in [2.05, 4.69) is 33.9 Å². The molecule has 0 saturated heterocycles. The molecule has 15 heavy (non-hydrogen) atoms. The van der Waals surface area contributed by atoms with Gasteiger partial charge < -0.3 is 15.4 Å². The molecule has 3 nitrogen and oxygen atoms in total. The predicted octanol–water partition coefficient (Wildman–Crippen LogP) is 1.90. The quantitative estimate of drug-likeness (QED) is 0.847. The Balaban J connectivity index is 2.53. The van der Waals surface area contributed by atoms with E-state index in [1.165, 1.54) is 5.56 Å². The van der Waals surface area contributed by atoms with Crippen LogP contribution in [-0.2, 0) is 6.54 Å². The third kappa shape index (κ3) is 2.02. The van der Waals surface area contributed by atoms with Gasteiger partial charge in [0, 0.05) is 29.2 Å². The van der Waals surface area contributed by atoms with Gasteiger partial charge in [-0.05, 0) is 24.7 Å². The van der Waals surface area contributed by atoms with Crippen LogP contribution in [0.25, 0.3) is 0 Å². The third-order valence-corrected chi connectivity index (χ3v) is 3.19. The fraction of sp³-hybridized carbons (Fsp3) is 0.455. The summed E-state index contributed by atoms with van der Waals surface area (Å²) in [6.07, 6.45) is 0. The van der Waals surface area contributed by atoms with Crippen molar-refractivity contribution in [3.63, 3.8) is 0 Å². The molecule has 1 unspecified atom stereocenters. The highest BCUT2D eigenvalue weighted by molar-refractivity contribution is 9.10. The molecule has 1 aliphatic rings. The fourth-order valence-corrected chi connectivity index (χ4v) is 2.63. The Labute approximate surface area is 98.3 Å². The van der Waals surface area contributed by atoms with Gasteiger partial charge >= 0.3 is 0 Å². The molecule has 1 atom stereocenters. The molecule has 1 aliphatic heterocycles. The standard InChI is InChI=1S/C11H15BrN2O/c1-14-5-7-3-8(12)4-10(15-2)11(7)9(13)6-14/h3-4,9H,5-6,13H2,1-2H3. The number of halogens is 1. The molecular formula is C11H15BrN2O. The molecule has 2 N–H and O–H groups in total. The fourth-order valence-electron chi connectivity index (χ4n) is 2.15. The van der Waals surface area contributed by atoms with E-state index in [-0.39, 0.29) is 6.04 Å². The van der Waals surface area contributed by atoms with Crippen LogP contribution in [0.1, 0.15) is 17.2 Å². The van der Waals surface area contributed by atoms with Gasteiger partial charge in [-0.3, -0.25) is 0 Å². The van der Waals surface area contributed by atoms with Crippen molar-refractivity contribution in [3.05, 3.63) is 27.7 Å². The number of rotatable bonds is 1. The lowest BCUT2D eigenvalue weighted by atomic mass is 9.95. The first-order valence-corrected chi connectivity index (χ1v) is 5.71. The van der Waals surface area contributed by atoms with Gasteiger partial charge in [0.1, 0.15) is 5.75 Å². The van der Waals surface area contributed by atoms with Crippen molar-refractivity contribution in [3.8, 4) is 5.75 Å². The van der Waals surface area contributed by atoms with E-state index in [0.717, 1.165) is 28.9 Å². The zero-order chi connectivity index (χ0) is 11.0. The Kier molecular flexibility index (Phi) is 3.00. The van der Waals surface area contributed by atoms with E-state index in [1.807, 2.05) is 6.07 Å². The van der Waals surface area contributed by atoms with E-state index in [0.29, 0.717) is 0 Å². The van der Waals surface area contributed by atoms with E-state index >= 15 is 0 Å². The first-order chi connectivity index (χ1) is 7.11. The Bertz CT molecular complexity index is 381. The maximum atomic E-state index is 6.13. The average molecular weight is 271 g/mol. The smallest absolute Gasteiger partial charge is 0.125 e. The second-order valence-corrected chi connectivity index (χ2v) is 4.90. The zero-order valence-electron chi connectivity index (χ0n) is 8.96. The summed E-state index contributed by atoms with van der Waals surface area (Å²) in [7, 11) is 3.77. The number of benzene rings is 1. The highest BCUT2D eigenvalue weighted by Crippen LogP contribution is 2.35. The molecule has 0 saturated carbocycles. The van der Waals surface area contributed by atoms with Crippen LogP contribution in [0.5, 0.6) is 5.75 Å². The summed E-state index contributed by atoms with van der Waals surface area (Å²) in [5.74, 6) is 0.889. The van der Waals surface area contributed by atoms with Crippen LogP contribution in [-0.4, -0.2) is 25.6 Å². The Hall–Kier alpha value is -0.580. The highest BCUT2D eigenvalue weighted by Gasteiger charge is 2.24. The number of hydrogen-bond donors (Lipinski definition) is 1. The second kappa shape index (κ2) is 4.12. The van der Waals surface area contributed by atoms with Gasteiger partial charge in [0.25, 0.3) is 0 Å². The predicted molar refractivity (Wildman–Crippen MR) is 64.0 cm³/mol. The number of likely N-dealkylation sites (N-methyl/N-ethyl adjacent to an activating group) is 1. The van der Waals surface area contributed by atoms with Crippen molar-refractivity contribution >= 4 is 15.9 Å². The summed E-state index contributed by atoms with van der Waals surface area (Å²) < 4.78 is 6.41. The summed E-state index contributed by atoms with van der Waals surface area (Å²) in [4.78, 5) is 2.22. The molecule has 0 aliphatic carbocycles. The van der Waals surface area contributed by atoms with Crippen molar-refractivity contribution in [2.75, 3.05) is 20.7 Å². The molecule has 0 fully saturated rings. The van der Waals surface area contributed by atoms with Crippen molar-refractivity contribution in [2.24, 2.45) is 5.73 Å². The van der Waals surface area contributed by atoms with Crippen molar-refractivity contribution < 1.29 is 4.74 Å². The summed E-state index contributed by atoms with van der Waals surface area (Å²) in [5, 5.41) is 0. The third-order valence-electron chi connectivity index (χ3n) is 2.73. The number of ether oxygens (including phenoxy) is 1. The second-order valence-electron chi connectivity index (χ2n) is 3.98. The number of nitrogens with two attached hydrogens (primary N) is 1. The summed E-state index contributed by atoms with van der Waals surface area (Å²) in [5.41, 5.74) is 8.53. The number of nitrogens with zero attached hydrogens (tertiary/aromatic N) is 1. The lowest BCUT2D eigenvalue weighted by Crippen LogP contribution is -2.34. The normalized spacial score (nSPS) is 21.2. The highest BCUT2D eigenvalue weighted by atomic mass is 79.9. The van der Waals surface area contributed by atoms with Crippen molar-refractivity contribution in [1.29, 1.82) is 0 Å². The Morgan fingerprint density at radius 1 is 1.53 bits per heavy atom. The van der Waals surface area contributed by atoms with Gasteiger partial charge in [-0.25, -0.2) is 0 Å². The minimum absolute atomic E-state index is 0.0433. The van der Waals surface area contributed by atoms with E-state index in [4.69, 9.17) is 10.5 Å². The van der Waals surface area contributed by atoms with Crippen LogP contribution in [0.15, 0.2) is 16.6 Å². The number of hydrogen-bond acceptors (Lipinski definition) is 3. The summed E-state index contributed by atoms with van der Waals surface area (Å²) >= 11 is 3.48. The Morgan fingerprint density at radius 2 is 2.27 bits per heavy atom. The van der Waals surface area contributed by atoms with Gasteiger partial charge in [-0.15, -0.1) is 0 Å². The SMILES string of the molecule is COc1cc(Br)cc2c1C(N)CN(C)C2.